The summed E-state index contributed by atoms with van der Waals surface area (Å²) in [6.07, 6.45) is 3.70. The van der Waals surface area contributed by atoms with Gasteiger partial charge < -0.3 is 19.5 Å². The molecule has 0 unspecified atom stereocenters. The Morgan fingerprint density at radius 1 is 1.19 bits per heavy atom. The number of rotatable bonds is 5. The van der Waals surface area contributed by atoms with Crippen molar-refractivity contribution in [2.24, 2.45) is 0 Å². The van der Waals surface area contributed by atoms with Crippen molar-refractivity contribution < 1.29 is 14.3 Å². The molecule has 4 rings (SSSR count). The minimum absolute atomic E-state index is 0.146. The first-order valence-electron chi connectivity index (χ1n) is 10.3. The number of ether oxygens (including phenoxy) is 1. The Morgan fingerprint density at radius 3 is 2.69 bits per heavy atom. The highest BCUT2D eigenvalue weighted by Gasteiger charge is 2.28. The van der Waals surface area contributed by atoms with Crippen LogP contribution in [-0.2, 0) is 19.5 Å². The average molecular weight is 432 g/mol. The minimum Gasteiger partial charge on any atom is -0.497 e. The second-order valence-corrected chi connectivity index (χ2v) is 7.56. The molecule has 0 atom stereocenters. The summed E-state index contributed by atoms with van der Waals surface area (Å²) in [5.41, 5.74) is 2.52. The van der Waals surface area contributed by atoms with E-state index >= 15 is 0 Å². The molecule has 2 aromatic heterocycles. The Balaban J connectivity index is 1.71. The highest BCUT2D eigenvalue weighted by Crippen LogP contribution is 2.23. The van der Waals surface area contributed by atoms with E-state index < -0.39 is 5.91 Å². The van der Waals surface area contributed by atoms with Gasteiger partial charge in [0.15, 0.2) is 0 Å². The zero-order valence-electron chi connectivity index (χ0n) is 18.0. The number of carbonyl (C=O) groups excluding carboxylic acids is 2. The third-order valence-electron chi connectivity index (χ3n) is 5.59. The first-order chi connectivity index (χ1) is 15.5. The second-order valence-electron chi connectivity index (χ2n) is 7.56. The predicted octanol–water partition coefficient (Wildman–Crippen LogP) is 1.86. The molecule has 32 heavy (non-hydrogen) atoms. The van der Waals surface area contributed by atoms with Gasteiger partial charge in [0.05, 0.1) is 13.7 Å². The van der Waals surface area contributed by atoms with E-state index in [1.54, 1.807) is 23.2 Å². The maximum absolute atomic E-state index is 13.2. The minimum atomic E-state index is -0.414. The number of hydrogen-bond acceptors (Lipinski definition) is 5. The lowest BCUT2D eigenvalue weighted by Gasteiger charge is -2.30. The van der Waals surface area contributed by atoms with Crippen LogP contribution in [0.25, 0.3) is 0 Å². The van der Waals surface area contributed by atoms with E-state index in [4.69, 9.17) is 4.74 Å². The van der Waals surface area contributed by atoms with Gasteiger partial charge in [-0.05, 0) is 29.2 Å². The number of amides is 2. The molecular weight excluding hydrogens is 408 g/mol. The maximum atomic E-state index is 13.2. The van der Waals surface area contributed by atoms with Gasteiger partial charge in [0, 0.05) is 38.6 Å². The normalized spacial score (nSPS) is 12.8. The Hall–Kier alpha value is -3.94. The van der Waals surface area contributed by atoms with Crippen molar-refractivity contribution in [3.63, 3.8) is 0 Å². The van der Waals surface area contributed by atoms with E-state index in [9.17, 15) is 14.4 Å². The number of carbonyl (C=O) groups is 2. The molecule has 0 fully saturated rings. The quantitative estimate of drug-likeness (QED) is 0.664. The fraction of sp³-hybridized carbons (Fsp3) is 0.250. The van der Waals surface area contributed by atoms with Crippen LogP contribution in [0.3, 0.4) is 0 Å². The summed E-state index contributed by atoms with van der Waals surface area (Å²) in [7, 11) is 3.04. The van der Waals surface area contributed by atoms with Gasteiger partial charge in [0.2, 0.25) is 0 Å². The summed E-state index contributed by atoms with van der Waals surface area (Å²) < 4.78 is 6.73. The standard InChI is InChI=1S/C24H24N4O4/c1-25-22(29)21-19-9-11-27(23(30)20-12-18(32-2)8-10-26-20)14-17(19)15-28(24(21)31)13-16-6-4-3-5-7-16/h3-8,10,12,15H,9,11,13-14H2,1-2H3,(H,25,29). The van der Waals surface area contributed by atoms with E-state index in [-0.39, 0.29) is 29.3 Å². The molecule has 1 aromatic carbocycles. The highest BCUT2D eigenvalue weighted by molar-refractivity contribution is 5.96. The second kappa shape index (κ2) is 9.05. The van der Waals surface area contributed by atoms with Crippen LogP contribution in [0.15, 0.2) is 59.7 Å². The number of methoxy groups -OCH3 is 1. The lowest BCUT2D eigenvalue weighted by molar-refractivity contribution is 0.0727. The van der Waals surface area contributed by atoms with Gasteiger partial charge in [-0.2, -0.15) is 0 Å². The van der Waals surface area contributed by atoms with Crippen molar-refractivity contribution >= 4 is 11.8 Å². The number of aromatic nitrogens is 2. The molecule has 8 nitrogen and oxygen atoms in total. The lowest BCUT2D eigenvalue weighted by atomic mass is 9.95. The van der Waals surface area contributed by atoms with Crippen LogP contribution in [0, 0.1) is 0 Å². The monoisotopic (exact) mass is 432 g/mol. The molecule has 0 saturated heterocycles. The Bertz CT molecular complexity index is 1220. The number of fused-ring (bicyclic) bond motifs is 1. The largest absolute Gasteiger partial charge is 0.497 e. The third-order valence-corrected chi connectivity index (χ3v) is 5.59. The number of benzene rings is 1. The first kappa shape index (κ1) is 21.3. The van der Waals surface area contributed by atoms with Crippen LogP contribution in [0.4, 0.5) is 0 Å². The van der Waals surface area contributed by atoms with Gasteiger partial charge in [0.1, 0.15) is 17.0 Å². The van der Waals surface area contributed by atoms with E-state index in [0.29, 0.717) is 30.8 Å². The molecule has 1 N–H and O–H groups in total. The van der Waals surface area contributed by atoms with E-state index in [0.717, 1.165) is 11.1 Å². The maximum Gasteiger partial charge on any atom is 0.272 e. The molecule has 164 valence electrons. The van der Waals surface area contributed by atoms with E-state index in [1.807, 2.05) is 30.3 Å². The zero-order valence-corrected chi connectivity index (χ0v) is 18.0. The Kier molecular flexibility index (Phi) is 6.02. The smallest absolute Gasteiger partial charge is 0.272 e. The molecule has 1 aliphatic rings. The average Bonchev–Trinajstić information content (AvgIpc) is 2.84. The fourth-order valence-electron chi connectivity index (χ4n) is 3.96. The number of nitrogens with zero attached hydrogens (tertiary/aromatic N) is 3. The molecule has 0 radical (unpaired) electrons. The van der Waals surface area contributed by atoms with Gasteiger partial charge in [-0.1, -0.05) is 30.3 Å². The van der Waals surface area contributed by atoms with Crippen molar-refractivity contribution in [2.75, 3.05) is 20.7 Å². The van der Waals surface area contributed by atoms with Gasteiger partial charge in [-0.15, -0.1) is 0 Å². The molecule has 0 bridgehead atoms. The van der Waals surface area contributed by atoms with Gasteiger partial charge in [-0.25, -0.2) is 0 Å². The van der Waals surface area contributed by atoms with E-state index in [2.05, 4.69) is 10.3 Å². The summed E-state index contributed by atoms with van der Waals surface area (Å²) in [6, 6.07) is 12.8. The Morgan fingerprint density at radius 2 is 1.97 bits per heavy atom. The SMILES string of the molecule is CNC(=O)c1c2c(cn(Cc3ccccc3)c1=O)CN(C(=O)c1cc(OC)ccn1)CC2. The highest BCUT2D eigenvalue weighted by atomic mass is 16.5. The van der Waals surface area contributed by atoms with Crippen molar-refractivity contribution in [1.29, 1.82) is 0 Å². The molecule has 0 saturated carbocycles. The third kappa shape index (κ3) is 4.12. The zero-order chi connectivity index (χ0) is 22.7. The topological polar surface area (TPSA) is 93.5 Å². The van der Waals surface area contributed by atoms with Gasteiger partial charge in [-0.3, -0.25) is 19.4 Å². The van der Waals surface area contributed by atoms with E-state index in [1.165, 1.54) is 24.9 Å². The van der Waals surface area contributed by atoms with Gasteiger partial charge >= 0.3 is 0 Å². The summed E-state index contributed by atoms with van der Waals surface area (Å²) in [5, 5.41) is 2.58. The molecule has 8 heteroatoms. The predicted molar refractivity (Wildman–Crippen MR) is 119 cm³/mol. The molecule has 1 aliphatic heterocycles. The number of nitrogens with one attached hydrogen (secondary N) is 1. The van der Waals surface area contributed by atoms with Crippen LogP contribution in [0.2, 0.25) is 0 Å². The molecule has 2 amide bonds. The first-order valence-corrected chi connectivity index (χ1v) is 10.3. The van der Waals surface area contributed by atoms with Crippen molar-refractivity contribution in [3.8, 4) is 5.75 Å². The molecule has 3 aromatic rings. The summed E-state index contributed by atoms with van der Waals surface area (Å²) in [4.78, 5) is 44.6. The van der Waals surface area contributed by atoms with Crippen LogP contribution in [0.1, 0.15) is 37.5 Å². The van der Waals surface area contributed by atoms with Crippen molar-refractivity contribution in [2.45, 2.75) is 19.5 Å². The Labute approximate surface area is 185 Å². The summed E-state index contributed by atoms with van der Waals surface area (Å²) >= 11 is 0. The van der Waals surface area contributed by atoms with Crippen LogP contribution < -0.4 is 15.6 Å². The summed E-state index contributed by atoms with van der Waals surface area (Å²) in [5.74, 6) is -0.0842. The lowest BCUT2D eigenvalue weighted by Crippen LogP contribution is -2.41. The molecule has 3 heterocycles. The van der Waals surface area contributed by atoms with Crippen molar-refractivity contribution in [1.82, 2.24) is 19.8 Å². The van der Waals surface area contributed by atoms with Crippen LogP contribution >= 0.6 is 0 Å². The number of hydrogen-bond donors (Lipinski definition) is 1. The summed E-state index contributed by atoms with van der Waals surface area (Å²) in [6.45, 7) is 1.01. The molecular formula is C24H24N4O4. The van der Waals surface area contributed by atoms with Gasteiger partial charge in [0.25, 0.3) is 17.4 Å². The fourth-order valence-corrected chi connectivity index (χ4v) is 3.96. The number of pyridine rings is 2. The molecule has 0 spiro atoms. The van der Waals surface area contributed by atoms with Crippen molar-refractivity contribution in [3.05, 3.63) is 93.2 Å². The van der Waals surface area contributed by atoms with Crippen LogP contribution in [0.5, 0.6) is 5.75 Å². The molecule has 0 aliphatic carbocycles. The van der Waals surface area contributed by atoms with Crippen LogP contribution in [-0.4, -0.2) is 47.0 Å².